The lowest BCUT2D eigenvalue weighted by Gasteiger charge is -2.67. The van der Waals surface area contributed by atoms with Gasteiger partial charge in [-0.2, -0.15) is 0 Å². The van der Waals surface area contributed by atoms with Gasteiger partial charge in [0, 0.05) is 0 Å². The molecular weight excluding hydrogens is 268 g/mol. The topological polar surface area (TPSA) is 20.2 Å². The van der Waals surface area contributed by atoms with Crippen molar-refractivity contribution in [3.63, 3.8) is 0 Å². The Bertz CT molecular complexity index is 465. The van der Waals surface area contributed by atoms with Crippen molar-refractivity contribution in [2.75, 3.05) is 0 Å². The summed E-state index contributed by atoms with van der Waals surface area (Å²) >= 11 is 0. The van der Waals surface area contributed by atoms with Crippen LogP contribution in [0.3, 0.4) is 0 Å². The molecule has 0 unspecified atom stereocenters. The van der Waals surface area contributed by atoms with Crippen molar-refractivity contribution in [1.82, 2.24) is 0 Å². The summed E-state index contributed by atoms with van der Waals surface area (Å²) in [5.74, 6) is 1.77. The largest absolute Gasteiger partial charge is 0.393 e. The van der Waals surface area contributed by atoms with Gasteiger partial charge < -0.3 is 5.11 Å². The van der Waals surface area contributed by atoms with E-state index in [2.05, 4.69) is 27.7 Å². The van der Waals surface area contributed by atoms with E-state index in [1.165, 1.54) is 57.8 Å². The smallest absolute Gasteiger partial charge is 0.0599 e. The Hall–Kier alpha value is -0.0400. The molecule has 4 aliphatic carbocycles. The highest BCUT2D eigenvalue weighted by molar-refractivity contribution is 5.16. The van der Waals surface area contributed by atoms with Crippen LogP contribution in [0.1, 0.15) is 91.9 Å². The first-order valence-corrected chi connectivity index (χ1v) is 9.95. The summed E-state index contributed by atoms with van der Waals surface area (Å²) in [6.45, 7) is 10.2. The number of aliphatic hydroxyl groups is 1. The minimum atomic E-state index is -0.0501. The first-order chi connectivity index (χ1) is 10.3. The first kappa shape index (κ1) is 15.5. The van der Waals surface area contributed by atoms with E-state index >= 15 is 0 Å². The van der Waals surface area contributed by atoms with E-state index in [4.69, 9.17) is 0 Å². The van der Waals surface area contributed by atoms with Gasteiger partial charge in [0.15, 0.2) is 0 Å². The quantitative estimate of drug-likeness (QED) is 0.621. The first-order valence-electron chi connectivity index (χ1n) is 9.95. The maximum absolute atomic E-state index is 10.7. The van der Waals surface area contributed by atoms with Crippen molar-refractivity contribution in [2.24, 2.45) is 33.5 Å². The third-order valence-corrected chi connectivity index (χ3v) is 10.1. The van der Waals surface area contributed by atoms with Gasteiger partial charge in [-0.3, -0.25) is 0 Å². The molecule has 0 aromatic heterocycles. The summed E-state index contributed by atoms with van der Waals surface area (Å²) in [5.41, 5.74) is 1.73. The van der Waals surface area contributed by atoms with Crippen molar-refractivity contribution >= 4 is 0 Å². The van der Waals surface area contributed by atoms with Crippen molar-refractivity contribution in [1.29, 1.82) is 0 Å². The Kier molecular flexibility index (Phi) is 3.18. The number of aliphatic hydroxyl groups excluding tert-OH is 1. The summed E-state index contributed by atoms with van der Waals surface area (Å²) in [4.78, 5) is 0. The van der Waals surface area contributed by atoms with E-state index in [1.807, 2.05) is 0 Å². The molecule has 0 spiro atoms. The zero-order valence-corrected chi connectivity index (χ0v) is 15.3. The van der Waals surface area contributed by atoms with Crippen LogP contribution in [0, 0.1) is 33.5 Å². The fourth-order valence-corrected chi connectivity index (χ4v) is 7.98. The molecule has 0 amide bonds. The van der Waals surface area contributed by atoms with Crippen molar-refractivity contribution in [3.05, 3.63) is 0 Å². The zero-order valence-electron chi connectivity index (χ0n) is 15.3. The van der Waals surface area contributed by atoms with Crippen LogP contribution in [0.15, 0.2) is 0 Å². The van der Waals surface area contributed by atoms with Crippen LogP contribution >= 0.6 is 0 Å². The average Bonchev–Trinajstić information content (AvgIpc) is 2.72. The molecule has 0 aromatic carbocycles. The van der Waals surface area contributed by atoms with Gasteiger partial charge in [0.05, 0.1) is 6.10 Å². The van der Waals surface area contributed by atoms with Crippen molar-refractivity contribution in [3.8, 4) is 0 Å². The van der Waals surface area contributed by atoms with Crippen molar-refractivity contribution < 1.29 is 5.11 Å². The van der Waals surface area contributed by atoms with Gasteiger partial charge in [-0.1, -0.05) is 40.5 Å². The summed E-state index contributed by atoms with van der Waals surface area (Å²) in [7, 11) is 0. The fraction of sp³-hybridized carbons (Fsp3) is 1.00. The molecule has 1 N–H and O–H groups in total. The van der Waals surface area contributed by atoms with Crippen LogP contribution in [0.2, 0.25) is 0 Å². The molecule has 0 radical (unpaired) electrons. The molecule has 22 heavy (non-hydrogen) atoms. The van der Waals surface area contributed by atoms with Crippen LogP contribution < -0.4 is 0 Å². The summed E-state index contributed by atoms with van der Waals surface area (Å²) < 4.78 is 0. The molecule has 0 saturated heterocycles. The molecule has 4 fully saturated rings. The van der Waals surface area contributed by atoms with E-state index in [9.17, 15) is 5.11 Å². The van der Waals surface area contributed by atoms with Gasteiger partial charge in [-0.05, 0) is 84.9 Å². The lowest BCUT2D eigenvalue weighted by atomic mass is 9.38. The molecule has 4 rings (SSSR count). The Morgan fingerprint density at radius 3 is 2.00 bits per heavy atom. The molecule has 0 aliphatic heterocycles. The molecule has 0 bridgehead atoms. The van der Waals surface area contributed by atoms with Gasteiger partial charge in [-0.25, -0.2) is 0 Å². The minimum Gasteiger partial charge on any atom is -0.393 e. The van der Waals surface area contributed by atoms with Gasteiger partial charge in [0.1, 0.15) is 0 Å². The highest BCUT2D eigenvalue weighted by atomic mass is 16.3. The van der Waals surface area contributed by atoms with Crippen molar-refractivity contribution in [2.45, 2.75) is 98.0 Å². The molecule has 4 saturated carbocycles. The number of hydrogen-bond donors (Lipinski definition) is 1. The Balaban J connectivity index is 1.74. The third-order valence-electron chi connectivity index (χ3n) is 10.1. The maximum Gasteiger partial charge on any atom is 0.0599 e. The van der Waals surface area contributed by atoms with Gasteiger partial charge >= 0.3 is 0 Å². The second-order valence-electron chi connectivity index (χ2n) is 10.4. The fourth-order valence-electron chi connectivity index (χ4n) is 7.98. The molecule has 126 valence electrons. The normalized spacial score (nSPS) is 61.2. The summed E-state index contributed by atoms with van der Waals surface area (Å²) in [6.07, 6.45) is 13.6. The SMILES string of the molecule is C[C@]12CCCC[C@]1(C)[C@@H]1CC[C@]3(C)[C@H](O)CC[C@@]3(C)[C@H]1CC2. The zero-order chi connectivity index (χ0) is 15.8. The molecule has 1 heteroatoms. The lowest BCUT2D eigenvalue weighted by Crippen LogP contribution is -2.60. The Morgan fingerprint density at radius 1 is 0.636 bits per heavy atom. The molecule has 0 aromatic rings. The standard InChI is InChI=1S/C21H36O/c1-18-10-5-6-11-19(18,2)15-8-13-21(4)17(22)9-14-20(21,3)16(15)7-12-18/h15-17,22H,5-14H2,1-4H3/t15-,16+,17-,18-,19-,20+,21-/m1/s1. The van der Waals surface area contributed by atoms with Crippen LogP contribution in [-0.2, 0) is 0 Å². The Labute approximate surface area is 137 Å². The predicted octanol–water partition coefficient (Wildman–Crippen LogP) is 5.56. The Morgan fingerprint density at radius 2 is 1.23 bits per heavy atom. The van der Waals surface area contributed by atoms with Gasteiger partial charge in [0.2, 0.25) is 0 Å². The monoisotopic (exact) mass is 304 g/mol. The molecule has 4 aliphatic rings. The van der Waals surface area contributed by atoms with E-state index in [0.29, 0.717) is 16.2 Å². The molecule has 1 nitrogen and oxygen atoms in total. The van der Waals surface area contributed by atoms with Crippen LogP contribution in [0.25, 0.3) is 0 Å². The van der Waals surface area contributed by atoms with E-state index in [-0.39, 0.29) is 11.5 Å². The van der Waals surface area contributed by atoms with Crippen LogP contribution in [0.4, 0.5) is 0 Å². The number of rotatable bonds is 0. The second kappa shape index (κ2) is 4.52. The number of fused-ring (bicyclic) bond motifs is 5. The van der Waals surface area contributed by atoms with Gasteiger partial charge in [-0.15, -0.1) is 0 Å². The minimum absolute atomic E-state index is 0.0501. The summed E-state index contributed by atoms with van der Waals surface area (Å²) in [5, 5.41) is 10.7. The van der Waals surface area contributed by atoms with E-state index in [0.717, 1.165) is 18.3 Å². The van der Waals surface area contributed by atoms with E-state index in [1.54, 1.807) is 0 Å². The molecule has 0 heterocycles. The predicted molar refractivity (Wildman–Crippen MR) is 91.6 cm³/mol. The second-order valence-corrected chi connectivity index (χ2v) is 10.4. The molecule has 7 atom stereocenters. The third kappa shape index (κ3) is 1.60. The van der Waals surface area contributed by atoms with Crippen LogP contribution in [0.5, 0.6) is 0 Å². The average molecular weight is 305 g/mol. The maximum atomic E-state index is 10.7. The number of hydrogen-bond acceptors (Lipinski definition) is 1. The highest BCUT2D eigenvalue weighted by Gasteiger charge is 2.66. The lowest BCUT2D eigenvalue weighted by molar-refractivity contribution is -0.189. The van der Waals surface area contributed by atoms with Crippen LogP contribution in [-0.4, -0.2) is 11.2 Å². The van der Waals surface area contributed by atoms with E-state index < -0.39 is 0 Å². The summed E-state index contributed by atoms with van der Waals surface area (Å²) in [6, 6.07) is 0. The highest BCUT2D eigenvalue weighted by Crippen LogP contribution is 2.73. The molecular formula is C21H36O. The van der Waals surface area contributed by atoms with Gasteiger partial charge in [0.25, 0.3) is 0 Å².